The number of nitrogens with two attached hydrogens (primary N) is 1. The van der Waals surface area contributed by atoms with E-state index in [1.165, 1.54) is 19.1 Å². The molecule has 7 unspecified atom stereocenters. The number of alkyl halides is 2. The molecule has 9 nitrogen and oxygen atoms in total. The Morgan fingerprint density at radius 3 is 2.67 bits per heavy atom. The lowest BCUT2D eigenvalue weighted by molar-refractivity contribution is -0.197. The molecule has 0 aromatic carbocycles. The summed E-state index contributed by atoms with van der Waals surface area (Å²) in [4.78, 5) is 47.6. The quantitative estimate of drug-likeness (QED) is 0.428. The average molecular weight is 512 g/mol. The second kappa shape index (κ2) is 9.11. The summed E-state index contributed by atoms with van der Waals surface area (Å²) >= 11 is 0. The number of ether oxygens (including phenoxy) is 2. The summed E-state index contributed by atoms with van der Waals surface area (Å²) in [5.41, 5.74) is 0.744. The van der Waals surface area contributed by atoms with Gasteiger partial charge in [-0.15, -0.1) is 0 Å². The molecule has 1 aliphatic heterocycles. The first kappa shape index (κ1) is 26.6. The summed E-state index contributed by atoms with van der Waals surface area (Å²) in [6.07, 6.45) is -1.60. The van der Waals surface area contributed by atoms with E-state index in [1.807, 2.05) is 0 Å². The smallest absolute Gasteiger partial charge is 0.323 e. The van der Waals surface area contributed by atoms with Crippen LogP contribution in [0.1, 0.15) is 39.5 Å². The maximum absolute atomic E-state index is 17.0. The summed E-state index contributed by atoms with van der Waals surface area (Å²) < 4.78 is 43.0. The van der Waals surface area contributed by atoms with E-state index in [2.05, 4.69) is 0 Å². The van der Waals surface area contributed by atoms with Gasteiger partial charge < -0.3 is 25.4 Å². The van der Waals surface area contributed by atoms with Crippen molar-refractivity contribution in [2.75, 3.05) is 13.2 Å². The fourth-order valence-electron chi connectivity index (χ4n) is 6.77. The number of carbonyl (C=O) groups is 4. The SMILES string of the molecule is CC12CC(O)[C@@]3(F)C(C[C@H](F)C4=CC(=O)C=CC43C)C1COC2C(=O)COC(=O)C(N)CCC(=O)O. The van der Waals surface area contributed by atoms with Gasteiger partial charge in [0.15, 0.2) is 23.8 Å². The molecule has 2 saturated carbocycles. The molecule has 0 bridgehead atoms. The zero-order chi connectivity index (χ0) is 26.6. The van der Waals surface area contributed by atoms with Crippen LogP contribution in [-0.4, -0.2) is 77.0 Å². The van der Waals surface area contributed by atoms with Gasteiger partial charge in [0, 0.05) is 23.2 Å². The Bertz CT molecular complexity index is 1050. The van der Waals surface area contributed by atoms with Crippen molar-refractivity contribution in [2.24, 2.45) is 28.4 Å². The molecule has 1 heterocycles. The van der Waals surface area contributed by atoms with Crippen molar-refractivity contribution in [2.45, 2.75) is 69.6 Å². The molecule has 4 aliphatic rings. The molecule has 4 N–H and O–H groups in total. The molecule has 3 aliphatic carbocycles. The molecule has 9 atom stereocenters. The molecule has 11 heteroatoms. The van der Waals surface area contributed by atoms with Gasteiger partial charge >= 0.3 is 11.9 Å². The molecule has 36 heavy (non-hydrogen) atoms. The maximum Gasteiger partial charge on any atom is 0.323 e. The van der Waals surface area contributed by atoms with Crippen molar-refractivity contribution in [3.63, 3.8) is 0 Å². The minimum atomic E-state index is -2.28. The van der Waals surface area contributed by atoms with Gasteiger partial charge in [-0.2, -0.15) is 0 Å². The van der Waals surface area contributed by atoms with Crippen molar-refractivity contribution in [1.29, 1.82) is 0 Å². The number of fused-ring (bicyclic) bond motifs is 5. The monoisotopic (exact) mass is 511 g/mol. The first-order chi connectivity index (χ1) is 16.8. The molecule has 0 spiro atoms. The van der Waals surface area contributed by atoms with Crippen molar-refractivity contribution in [3.8, 4) is 0 Å². The van der Waals surface area contributed by atoms with Crippen LogP contribution in [0.4, 0.5) is 8.78 Å². The Kier molecular flexibility index (Phi) is 6.72. The van der Waals surface area contributed by atoms with E-state index in [1.54, 1.807) is 6.92 Å². The van der Waals surface area contributed by atoms with Crippen LogP contribution >= 0.6 is 0 Å². The van der Waals surface area contributed by atoms with Crippen LogP contribution < -0.4 is 5.73 Å². The van der Waals surface area contributed by atoms with Crippen molar-refractivity contribution < 1.29 is 47.6 Å². The standard InChI is InChI=1S/C25H31F2NO8/c1-23-9-19(31)25(27)13(8-16(26)14-7-12(29)5-6-24(14,25)2)15(23)10-35-21(23)18(30)11-36-22(34)17(28)3-4-20(32)33/h5-7,13,15-17,19,21,31H,3-4,8-11,28H2,1-2H3,(H,32,33)/t13?,15?,16-,17?,19?,21?,23?,24?,25-/m0/s1. The number of Topliss-reactive ketones (excluding diaryl/α,β-unsaturated/α-hetero) is 1. The molecule has 0 aromatic rings. The van der Waals surface area contributed by atoms with Gasteiger partial charge in [-0.05, 0) is 49.8 Å². The van der Waals surface area contributed by atoms with E-state index in [-0.39, 0.29) is 37.9 Å². The first-order valence-electron chi connectivity index (χ1n) is 12.0. The lowest BCUT2D eigenvalue weighted by atomic mass is 9.45. The summed E-state index contributed by atoms with van der Waals surface area (Å²) in [7, 11) is 0. The number of allylic oxidation sites excluding steroid dienone is 4. The molecule has 4 rings (SSSR count). The number of carboxylic acid groups (broad SMARTS) is 1. The fourth-order valence-corrected chi connectivity index (χ4v) is 6.77. The zero-order valence-corrected chi connectivity index (χ0v) is 20.1. The highest BCUT2D eigenvalue weighted by atomic mass is 19.1. The van der Waals surface area contributed by atoms with E-state index in [0.29, 0.717) is 0 Å². The van der Waals surface area contributed by atoms with E-state index in [9.17, 15) is 24.3 Å². The van der Waals surface area contributed by atoms with E-state index in [0.717, 1.165) is 6.08 Å². The summed E-state index contributed by atoms with van der Waals surface area (Å²) in [6, 6.07) is -1.22. The summed E-state index contributed by atoms with van der Waals surface area (Å²) in [6.45, 7) is 2.43. The lowest BCUT2D eigenvalue weighted by Crippen LogP contribution is -2.69. The van der Waals surface area contributed by atoms with Gasteiger partial charge in [0.25, 0.3) is 0 Å². The number of ketones is 2. The normalized spacial score (nSPS) is 42.0. The van der Waals surface area contributed by atoms with E-state index >= 15 is 8.78 Å². The lowest BCUT2D eigenvalue weighted by Gasteiger charge is -2.61. The molecule has 198 valence electrons. The van der Waals surface area contributed by atoms with Crippen molar-refractivity contribution in [1.82, 2.24) is 0 Å². The first-order valence-corrected chi connectivity index (χ1v) is 12.0. The molecular weight excluding hydrogens is 480 g/mol. The van der Waals surface area contributed by atoms with Gasteiger partial charge in [0.2, 0.25) is 0 Å². The van der Waals surface area contributed by atoms with Crippen LogP contribution in [0.5, 0.6) is 0 Å². The molecule has 0 aromatic heterocycles. The Labute approximate surface area is 206 Å². The van der Waals surface area contributed by atoms with Gasteiger partial charge in [-0.1, -0.05) is 13.0 Å². The van der Waals surface area contributed by atoms with Crippen LogP contribution in [0.2, 0.25) is 0 Å². The van der Waals surface area contributed by atoms with Crippen LogP contribution in [0.15, 0.2) is 23.8 Å². The van der Waals surface area contributed by atoms with E-state index in [4.69, 9.17) is 20.3 Å². The predicted octanol–water partition coefficient (Wildman–Crippen LogP) is 1.21. The number of esters is 1. The fraction of sp³-hybridized carbons (Fsp3) is 0.680. The number of hydrogen-bond donors (Lipinski definition) is 3. The van der Waals surface area contributed by atoms with Gasteiger partial charge in [-0.25, -0.2) is 8.78 Å². The average Bonchev–Trinajstić information content (AvgIpc) is 3.15. The minimum Gasteiger partial charge on any atom is -0.481 e. The highest BCUT2D eigenvalue weighted by Crippen LogP contribution is 2.66. The largest absolute Gasteiger partial charge is 0.481 e. The van der Waals surface area contributed by atoms with Crippen LogP contribution in [0.3, 0.4) is 0 Å². The summed E-state index contributed by atoms with van der Waals surface area (Å²) in [5, 5.41) is 19.9. The Hall–Kier alpha value is -2.50. The second-order valence-corrected chi connectivity index (χ2v) is 10.8. The van der Waals surface area contributed by atoms with Crippen LogP contribution in [-0.2, 0) is 28.7 Å². The third-order valence-corrected chi connectivity index (χ3v) is 8.73. The third kappa shape index (κ3) is 3.92. The number of aliphatic carboxylic acids is 1. The predicted molar refractivity (Wildman–Crippen MR) is 120 cm³/mol. The Morgan fingerprint density at radius 1 is 1.31 bits per heavy atom. The minimum absolute atomic E-state index is 0.00842. The van der Waals surface area contributed by atoms with Gasteiger partial charge in [0.1, 0.15) is 18.3 Å². The molecule has 1 saturated heterocycles. The Morgan fingerprint density at radius 2 is 2.00 bits per heavy atom. The number of rotatable bonds is 7. The number of halogens is 2. The highest BCUT2D eigenvalue weighted by molar-refractivity contribution is 6.01. The van der Waals surface area contributed by atoms with Crippen molar-refractivity contribution >= 4 is 23.5 Å². The number of hydrogen-bond acceptors (Lipinski definition) is 8. The van der Waals surface area contributed by atoms with Gasteiger partial charge in [0.05, 0.1) is 12.7 Å². The number of aliphatic hydroxyl groups excluding tert-OH is 1. The number of carboxylic acids is 1. The van der Waals surface area contributed by atoms with E-state index < -0.39 is 82.9 Å². The third-order valence-electron chi connectivity index (χ3n) is 8.73. The maximum atomic E-state index is 17.0. The molecule has 0 amide bonds. The zero-order valence-electron chi connectivity index (χ0n) is 20.1. The number of aliphatic hydroxyl groups is 1. The highest BCUT2D eigenvalue weighted by Gasteiger charge is 2.72. The number of carbonyl (C=O) groups excluding carboxylic acids is 3. The van der Waals surface area contributed by atoms with Crippen LogP contribution in [0, 0.1) is 22.7 Å². The molecular formula is C25H31F2NO8. The van der Waals surface area contributed by atoms with Gasteiger partial charge in [-0.3, -0.25) is 19.2 Å². The summed E-state index contributed by atoms with van der Waals surface area (Å²) in [5.74, 6) is -4.72. The molecule has 0 radical (unpaired) electrons. The van der Waals surface area contributed by atoms with Crippen molar-refractivity contribution in [3.05, 3.63) is 23.8 Å². The topological polar surface area (TPSA) is 153 Å². The molecule has 3 fully saturated rings. The second-order valence-electron chi connectivity index (χ2n) is 10.8. The Balaban J connectivity index is 1.52. The van der Waals surface area contributed by atoms with Crippen LogP contribution in [0.25, 0.3) is 0 Å².